The van der Waals surface area contributed by atoms with Crippen LogP contribution >= 0.6 is 0 Å². The smallest absolute Gasteiger partial charge is 0.313 e. The van der Waals surface area contributed by atoms with Gasteiger partial charge in [0, 0.05) is 19.2 Å². The molecular weight excluding hydrogens is 312 g/mol. The van der Waals surface area contributed by atoms with Crippen molar-refractivity contribution in [1.29, 1.82) is 0 Å². The molecule has 4 N–H and O–H groups in total. The molecule has 2 aromatic rings. The molecule has 0 saturated heterocycles. The molecule has 124 valence electrons. The van der Waals surface area contributed by atoms with Gasteiger partial charge in [-0.15, -0.1) is 0 Å². The maximum absolute atomic E-state index is 11.9. The zero-order valence-electron chi connectivity index (χ0n) is 12.7. The lowest BCUT2D eigenvalue weighted by Gasteiger charge is -2.08. The summed E-state index contributed by atoms with van der Waals surface area (Å²) in [4.78, 5) is 34.0. The van der Waals surface area contributed by atoms with Crippen molar-refractivity contribution in [2.24, 2.45) is 5.73 Å². The highest BCUT2D eigenvalue weighted by molar-refractivity contribution is 6.39. The van der Waals surface area contributed by atoms with Crippen molar-refractivity contribution in [2.45, 2.75) is 13.1 Å². The first-order valence-corrected chi connectivity index (χ1v) is 7.11. The summed E-state index contributed by atoms with van der Waals surface area (Å²) in [6.45, 7) is 0.525. The number of amides is 2. The number of hydrogen-bond acceptors (Lipinski definition) is 5. The molecule has 2 rings (SSSR count). The van der Waals surface area contributed by atoms with Gasteiger partial charge in [-0.2, -0.15) is 0 Å². The normalized spacial score (nSPS) is 10.0. The summed E-state index contributed by atoms with van der Waals surface area (Å²) in [6.07, 6.45) is 0. The molecule has 0 saturated carbocycles. The molecule has 0 bridgehead atoms. The number of nitrogens with zero attached hydrogens (tertiary/aromatic N) is 1. The second kappa shape index (κ2) is 7.84. The van der Waals surface area contributed by atoms with Gasteiger partial charge in [0.05, 0.1) is 4.92 Å². The standard InChI is InChI=1S/C16H16N4O4/c17-9-11-4-3-5-12(8-11)10-18-15(21)16(22)19-13-6-1-2-7-14(13)20(23)24/h1-8H,9-10,17H2,(H,18,21)(H,19,22). The van der Waals surface area contributed by atoms with E-state index in [0.29, 0.717) is 6.54 Å². The molecule has 0 aliphatic carbocycles. The molecule has 0 atom stereocenters. The SMILES string of the molecule is NCc1cccc(CNC(=O)C(=O)Nc2ccccc2[N+](=O)[O-])c1. The Labute approximate surface area is 137 Å². The van der Waals surface area contributed by atoms with Crippen LogP contribution in [-0.4, -0.2) is 16.7 Å². The van der Waals surface area contributed by atoms with Crippen molar-refractivity contribution in [3.05, 3.63) is 69.8 Å². The molecular formula is C16H16N4O4. The van der Waals surface area contributed by atoms with Crippen molar-refractivity contribution in [3.63, 3.8) is 0 Å². The summed E-state index contributed by atoms with van der Waals surface area (Å²) in [6, 6.07) is 12.9. The van der Waals surface area contributed by atoms with E-state index in [1.54, 1.807) is 12.1 Å². The van der Waals surface area contributed by atoms with Gasteiger partial charge in [-0.3, -0.25) is 19.7 Å². The Morgan fingerprint density at radius 3 is 2.46 bits per heavy atom. The fourth-order valence-corrected chi connectivity index (χ4v) is 2.05. The summed E-state index contributed by atoms with van der Waals surface area (Å²) >= 11 is 0. The minimum Gasteiger partial charge on any atom is -0.344 e. The maximum atomic E-state index is 11.9. The molecule has 0 unspecified atom stereocenters. The number of rotatable bonds is 5. The van der Waals surface area contributed by atoms with Gasteiger partial charge in [0.2, 0.25) is 0 Å². The predicted octanol–water partition coefficient (Wildman–Crippen LogP) is 1.31. The molecule has 8 heteroatoms. The highest BCUT2D eigenvalue weighted by Gasteiger charge is 2.19. The van der Waals surface area contributed by atoms with Crippen molar-refractivity contribution >= 4 is 23.2 Å². The van der Waals surface area contributed by atoms with E-state index in [9.17, 15) is 19.7 Å². The van der Waals surface area contributed by atoms with Crippen LogP contribution in [0.15, 0.2) is 48.5 Å². The fourth-order valence-electron chi connectivity index (χ4n) is 2.05. The van der Waals surface area contributed by atoms with E-state index < -0.39 is 16.7 Å². The van der Waals surface area contributed by atoms with Crippen LogP contribution in [0.5, 0.6) is 0 Å². The van der Waals surface area contributed by atoms with Crippen LogP contribution in [0.1, 0.15) is 11.1 Å². The van der Waals surface area contributed by atoms with Crippen LogP contribution in [-0.2, 0) is 22.7 Å². The third-order valence-corrected chi connectivity index (χ3v) is 3.24. The highest BCUT2D eigenvalue weighted by atomic mass is 16.6. The van der Waals surface area contributed by atoms with Gasteiger partial charge in [0.1, 0.15) is 5.69 Å². The minimum absolute atomic E-state index is 0.0345. The molecule has 0 aromatic heterocycles. The molecule has 0 heterocycles. The van der Waals surface area contributed by atoms with Crippen LogP contribution < -0.4 is 16.4 Å². The fraction of sp³-hybridized carbons (Fsp3) is 0.125. The van der Waals surface area contributed by atoms with Crippen molar-refractivity contribution in [2.75, 3.05) is 5.32 Å². The number of carbonyl (C=O) groups excluding carboxylic acids is 2. The number of para-hydroxylation sites is 2. The predicted molar refractivity (Wildman–Crippen MR) is 87.9 cm³/mol. The Kier molecular flexibility index (Phi) is 5.58. The van der Waals surface area contributed by atoms with Crippen LogP contribution in [0, 0.1) is 10.1 Å². The monoisotopic (exact) mass is 328 g/mol. The zero-order valence-corrected chi connectivity index (χ0v) is 12.7. The van der Waals surface area contributed by atoms with E-state index in [0.717, 1.165) is 11.1 Å². The van der Waals surface area contributed by atoms with Crippen LogP contribution in [0.3, 0.4) is 0 Å². The number of nitro groups is 1. The van der Waals surface area contributed by atoms with Gasteiger partial charge in [0.25, 0.3) is 5.69 Å². The molecule has 24 heavy (non-hydrogen) atoms. The van der Waals surface area contributed by atoms with E-state index in [1.807, 2.05) is 12.1 Å². The van der Waals surface area contributed by atoms with Crippen LogP contribution in [0.2, 0.25) is 0 Å². The highest BCUT2D eigenvalue weighted by Crippen LogP contribution is 2.22. The number of nitrogens with two attached hydrogens (primary N) is 1. The Balaban J connectivity index is 1.98. The second-order valence-electron chi connectivity index (χ2n) is 4.94. The number of benzene rings is 2. The number of carbonyl (C=O) groups is 2. The molecule has 8 nitrogen and oxygen atoms in total. The first-order valence-electron chi connectivity index (χ1n) is 7.11. The average Bonchev–Trinajstić information content (AvgIpc) is 2.60. The van der Waals surface area contributed by atoms with Crippen molar-refractivity contribution in [1.82, 2.24) is 5.32 Å². The second-order valence-corrected chi connectivity index (χ2v) is 4.94. The summed E-state index contributed by atoms with van der Waals surface area (Å²) in [5, 5.41) is 15.6. The van der Waals surface area contributed by atoms with Gasteiger partial charge in [-0.05, 0) is 17.2 Å². The maximum Gasteiger partial charge on any atom is 0.313 e. The van der Waals surface area contributed by atoms with E-state index in [4.69, 9.17) is 5.73 Å². The van der Waals surface area contributed by atoms with Gasteiger partial charge in [-0.1, -0.05) is 36.4 Å². The summed E-state index contributed by atoms with van der Waals surface area (Å²) in [7, 11) is 0. The summed E-state index contributed by atoms with van der Waals surface area (Å²) < 4.78 is 0. The quantitative estimate of drug-likeness (QED) is 0.433. The molecule has 0 spiro atoms. The Bertz CT molecular complexity index is 776. The van der Waals surface area contributed by atoms with Crippen LogP contribution in [0.25, 0.3) is 0 Å². The first kappa shape index (κ1) is 17.1. The number of nitro benzene ring substituents is 1. The lowest BCUT2D eigenvalue weighted by molar-refractivity contribution is -0.383. The van der Waals surface area contributed by atoms with Crippen molar-refractivity contribution in [3.8, 4) is 0 Å². The van der Waals surface area contributed by atoms with E-state index in [1.165, 1.54) is 24.3 Å². The largest absolute Gasteiger partial charge is 0.344 e. The Morgan fingerprint density at radius 1 is 1.04 bits per heavy atom. The number of anilines is 1. The van der Waals surface area contributed by atoms with Gasteiger partial charge in [0.15, 0.2) is 0 Å². The molecule has 0 radical (unpaired) electrons. The summed E-state index contributed by atoms with van der Waals surface area (Å²) in [5.41, 5.74) is 6.93. The third-order valence-electron chi connectivity index (χ3n) is 3.24. The molecule has 2 aromatic carbocycles. The molecule has 0 aliphatic heterocycles. The Morgan fingerprint density at radius 2 is 1.75 bits per heavy atom. The Hall–Kier alpha value is -3.26. The van der Waals surface area contributed by atoms with E-state index in [-0.39, 0.29) is 17.9 Å². The van der Waals surface area contributed by atoms with E-state index in [2.05, 4.69) is 10.6 Å². The van der Waals surface area contributed by atoms with Crippen molar-refractivity contribution < 1.29 is 14.5 Å². The van der Waals surface area contributed by atoms with Crippen LogP contribution in [0.4, 0.5) is 11.4 Å². The third kappa shape index (κ3) is 4.37. The summed E-state index contributed by atoms with van der Waals surface area (Å²) in [5.74, 6) is -1.86. The lowest BCUT2D eigenvalue weighted by Crippen LogP contribution is -2.35. The minimum atomic E-state index is -0.973. The topological polar surface area (TPSA) is 127 Å². The molecule has 0 fully saturated rings. The zero-order chi connectivity index (χ0) is 17.5. The number of nitrogens with one attached hydrogen (secondary N) is 2. The first-order chi connectivity index (χ1) is 11.5. The van der Waals surface area contributed by atoms with Gasteiger partial charge < -0.3 is 16.4 Å². The number of hydrogen-bond donors (Lipinski definition) is 3. The van der Waals surface area contributed by atoms with Gasteiger partial charge in [-0.25, -0.2) is 0 Å². The van der Waals surface area contributed by atoms with Gasteiger partial charge >= 0.3 is 11.8 Å². The molecule has 0 aliphatic rings. The average molecular weight is 328 g/mol. The lowest BCUT2D eigenvalue weighted by atomic mass is 10.1. The molecule has 2 amide bonds. The van der Waals surface area contributed by atoms with E-state index >= 15 is 0 Å².